The third kappa shape index (κ3) is 1.23. The monoisotopic (exact) mass is 131 g/mol. The van der Waals surface area contributed by atoms with Crippen LogP contribution in [-0.4, -0.2) is 18.8 Å². The molecule has 0 amide bonds. The molecular weight excluding hydrogens is 117 g/mol. The molecule has 1 aliphatic rings. The van der Waals surface area contributed by atoms with Crippen LogP contribution in [0.4, 0.5) is 4.39 Å². The molecule has 2 unspecified atom stereocenters. The fourth-order valence-electron chi connectivity index (χ4n) is 1.42. The second-order valence-electron chi connectivity index (χ2n) is 3.01. The Morgan fingerprint density at radius 2 is 2.44 bits per heavy atom. The number of hydrogen-bond donors (Lipinski definition) is 1. The summed E-state index contributed by atoms with van der Waals surface area (Å²) < 4.78 is 13.2. The first-order chi connectivity index (χ1) is 4.17. The van der Waals surface area contributed by atoms with Crippen molar-refractivity contribution >= 4 is 0 Å². The minimum absolute atomic E-state index is 0.234. The van der Waals surface area contributed by atoms with Crippen LogP contribution in [0.2, 0.25) is 0 Å². The highest BCUT2D eigenvalue weighted by molar-refractivity contribution is 4.91. The average Bonchev–Trinajstić information content (AvgIpc) is 2.08. The van der Waals surface area contributed by atoms with Crippen LogP contribution in [0.5, 0.6) is 0 Å². The molecule has 0 spiro atoms. The molecule has 1 saturated heterocycles. The van der Waals surface area contributed by atoms with E-state index in [1.54, 1.807) is 6.92 Å². The lowest BCUT2D eigenvalue weighted by atomic mass is 9.93. The highest BCUT2D eigenvalue weighted by Gasteiger charge is 2.37. The van der Waals surface area contributed by atoms with Gasteiger partial charge in [0.1, 0.15) is 5.67 Å². The van der Waals surface area contributed by atoms with E-state index in [0.29, 0.717) is 6.54 Å². The van der Waals surface area contributed by atoms with Crippen molar-refractivity contribution in [1.82, 2.24) is 5.32 Å². The molecule has 0 saturated carbocycles. The molecule has 1 N–H and O–H groups in total. The number of alkyl halides is 1. The topological polar surface area (TPSA) is 12.0 Å². The van der Waals surface area contributed by atoms with Crippen molar-refractivity contribution in [3.8, 4) is 0 Å². The van der Waals surface area contributed by atoms with E-state index < -0.39 is 5.67 Å². The molecule has 0 aliphatic carbocycles. The smallest absolute Gasteiger partial charge is 0.124 e. The van der Waals surface area contributed by atoms with Gasteiger partial charge in [0, 0.05) is 19.0 Å². The summed E-state index contributed by atoms with van der Waals surface area (Å²) in [7, 11) is 0. The molecule has 54 valence electrons. The van der Waals surface area contributed by atoms with Crippen LogP contribution in [0, 0.1) is 5.92 Å². The molecule has 2 atom stereocenters. The van der Waals surface area contributed by atoms with Crippen LogP contribution in [0.15, 0.2) is 0 Å². The first-order valence-electron chi connectivity index (χ1n) is 3.56. The molecule has 0 bridgehead atoms. The SMILES string of the molecule is CCC1CNCC1(C)F. The summed E-state index contributed by atoms with van der Waals surface area (Å²) in [6, 6.07) is 0. The predicted octanol–water partition coefficient (Wildman–Crippen LogP) is 1.34. The third-order valence-electron chi connectivity index (χ3n) is 2.21. The van der Waals surface area contributed by atoms with Crippen molar-refractivity contribution in [2.45, 2.75) is 25.9 Å². The molecule has 1 fully saturated rings. The Hall–Kier alpha value is -0.110. The zero-order valence-electron chi connectivity index (χ0n) is 6.08. The lowest BCUT2D eigenvalue weighted by molar-refractivity contribution is 0.149. The molecule has 0 aromatic heterocycles. The zero-order chi connectivity index (χ0) is 6.91. The van der Waals surface area contributed by atoms with Crippen LogP contribution >= 0.6 is 0 Å². The Balaban J connectivity index is 2.52. The molecule has 1 nitrogen and oxygen atoms in total. The second-order valence-corrected chi connectivity index (χ2v) is 3.01. The Kier molecular flexibility index (Phi) is 1.75. The normalized spacial score (nSPS) is 43.7. The largest absolute Gasteiger partial charge is 0.313 e. The fourth-order valence-corrected chi connectivity index (χ4v) is 1.42. The first kappa shape index (κ1) is 7.00. The van der Waals surface area contributed by atoms with E-state index in [1.165, 1.54) is 0 Å². The van der Waals surface area contributed by atoms with E-state index in [2.05, 4.69) is 5.32 Å². The van der Waals surface area contributed by atoms with Gasteiger partial charge in [-0.3, -0.25) is 0 Å². The van der Waals surface area contributed by atoms with Crippen molar-refractivity contribution in [3.05, 3.63) is 0 Å². The maximum absolute atomic E-state index is 13.2. The first-order valence-corrected chi connectivity index (χ1v) is 3.56. The van der Waals surface area contributed by atoms with Crippen molar-refractivity contribution in [3.63, 3.8) is 0 Å². The summed E-state index contributed by atoms with van der Waals surface area (Å²) in [6.07, 6.45) is 0.944. The minimum Gasteiger partial charge on any atom is -0.313 e. The van der Waals surface area contributed by atoms with Gasteiger partial charge < -0.3 is 5.32 Å². The van der Waals surface area contributed by atoms with Gasteiger partial charge in [0.25, 0.3) is 0 Å². The molecule has 1 heterocycles. The summed E-state index contributed by atoms with van der Waals surface area (Å²) in [5.74, 6) is 0.234. The number of halogens is 1. The maximum Gasteiger partial charge on any atom is 0.124 e. The van der Waals surface area contributed by atoms with Crippen molar-refractivity contribution in [2.24, 2.45) is 5.92 Å². The van der Waals surface area contributed by atoms with E-state index in [-0.39, 0.29) is 5.92 Å². The fraction of sp³-hybridized carbons (Fsp3) is 1.00. The molecule has 1 aliphatic heterocycles. The summed E-state index contributed by atoms with van der Waals surface area (Å²) >= 11 is 0. The molecule has 0 aromatic rings. The standard InChI is InChI=1S/C7H14FN/c1-3-6-4-9-5-7(6,2)8/h6,9H,3-5H2,1-2H3. The second kappa shape index (κ2) is 2.25. The summed E-state index contributed by atoms with van der Waals surface area (Å²) in [5, 5.41) is 3.04. The summed E-state index contributed by atoms with van der Waals surface area (Å²) in [5.41, 5.74) is -0.950. The van der Waals surface area contributed by atoms with E-state index in [4.69, 9.17) is 0 Å². The Labute approximate surface area is 55.6 Å². The van der Waals surface area contributed by atoms with Gasteiger partial charge in [-0.25, -0.2) is 4.39 Å². The molecular formula is C7H14FN. The molecule has 2 heteroatoms. The average molecular weight is 131 g/mol. The van der Waals surface area contributed by atoms with Gasteiger partial charge in [-0.15, -0.1) is 0 Å². The lowest BCUT2D eigenvalue weighted by Crippen LogP contribution is -2.27. The zero-order valence-corrected chi connectivity index (χ0v) is 6.08. The van der Waals surface area contributed by atoms with E-state index in [1.807, 2.05) is 6.92 Å². The quantitative estimate of drug-likeness (QED) is 0.566. The number of rotatable bonds is 1. The van der Waals surface area contributed by atoms with Crippen molar-refractivity contribution in [2.75, 3.05) is 13.1 Å². The molecule has 0 radical (unpaired) electrons. The van der Waals surface area contributed by atoms with Crippen LogP contribution in [0.3, 0.4) is 0 Å². The van der Waals surface area contributed by atoms with Gasteiger partial charge in [-0.05, 0) is 13.3 Å². The molecule has 1 rings (SSSR count). The van der Waals surface area contributed by atoms with Crippen molar-refractivity contribution < 1.29 is 4.39 Å². The van der Waals surface area contributed by atoms with E-state index in [9.17, 15) is 4.39 Å². The lowest BCUT2D eigenvalue weighted by Gasteiger charge is -2.19. The maximum atomic E-state index is 13.2. The number of hydrogen-bond acceptors (Lipinski definition) is 1. The summed E-state index contributed by atoms with van der Waals surface area (Å²) in [6.45, 7) is 5.10. The number of nitrogens with one attached hydrogen (secondary N) is 1. The van der Waals surface area contributed by atoms with Gasteiger partial charge in [-0.1, -0.05) is 6.92 Å². The predicted molar refractivity (Wildman–Crippen MR) is 36.2 cm³/mol. The van der Waals surface area contributed by atoms with Gasteiger partial charge in [0.15, 0.2) is 0 Å². The van der Waals surface area contributed by atoms with Crippen molar-refractivity contribution in [1.29, 1.82) is 0 Å². The van der Waals surface area contributed by atoms with Gasteiger partial charge in [0.2, 0.25) is 0 Å². The summed E-state index contributed by atoms with van der Waals surface area (Å²) in [4.78, 5) is 0. The van der Waals surface area contributed by atoms with E-state index in [0.717, 1.165) is 13.0 Å². The highest BCUT2D eigenvalue weighted by Crippen LogP contribution is 2.27. The third-order valence-corrected chi connectivity index (χ3v) is 2.21. The van der Waals surface area contributed by atoms with Gasteiger partial charge in [-0.2, -0.15) is 0 Å². The Morgan fingerprint density at radius 3 is 2.67 bits per heavy atom. The van der Waals surface area contributed by atoms with Gasteiger partial charge >= 0.3 is 0 Å². The van der Waals surface area contributed by atoms with Crippen LogP contribution in [0.25, 0.3) is 0 Å². The van der Waals surface area contributed by atoms with Crippen LogP contribution in [-0.2, 0) is 0 Å². The minimum atomic E-state index is -0.950. The van der Waals surface area contributed by atoms with E-state index >= 15 is 0 Å². The Morgan fingerprint density at radius 1 is 1.78 bits per heavy atom. The molecule has 0 aromatic carbocycles. The van der Waals surface area contributed by atoms with Crippen LogP contribution < -0.4 is 5.32 Å². The van der Waals surface area contributed by atoms with Gasteiger partial charge in [0.05, 0.1) is 0 Å². The highest BCUT2D eigenvalue weighted by atomic mass is 19.1. The molecule has 9 heavy (non-hydrogen) atoms. The van der Waals surface area contributed by atoms with Crippen LogP contribution in [0.1, 0.15) is 20.3 Å². The Bertz CT molecular complexity index is 101.